The van der Waals surface area contributed by atoms with Gasteiger partial charge in [-0.25, -0.2) is 4.68 Å². The van der Waals surface area contributed by atoms with Crippen LogP contribution < -0.4 is 19.7 Å². The smallest absolute Gasteiger partial charge is 0.240 e. The number of para-hydroxylation sites is 1. The molecule has 0 radical (unpaired) electrons. The van der Waals surface area contributed by atoms with E-state index in [1.807, 2.05) is 84.4 Å². The van der Waals surface area contributed by atoms with Crippen LogP contribution in [0, 0.1) is 6.92 Å². The maximum Gasteiger partial charge on any atom is 0.240 e. The first-order chi connectivity index (χ1) is 19.6. The Morgan fingerprint density at radius 3 is 2.60 bits per heavy atom. The van der Waals surface area contributed by atoms with E-state index in [2.05, 4.69) is 5.32 Å². The Bertz CT molecular complexity index is 1620. The molecule has 2 aliphatic heterocycles. The number of hydrogen-bond acceptors (Lipinski definition) is 6. The molecule has 40 heavy (non-hydrogen) atoms. The summed E-state index contributed by atoms with van der Waals surface area (Å²) in [7, 11) is 0. The number of thioether (sulfide) groups is 1. The van der Waals surface area contributed by atoms with Gasteiger partial charge in [-0.3, -0.25) is 14.5 Å². The first kappa shape index (κ1) is 24.8. The largest absolute Gasteiger partial charge is 0.454 e. The van der Waals surface area contributed by atoms with E-state index < -0.39 is 0 Å². The molecule has 1 saturated carbocycles. The summed E-state index contributed by atoms with van der Waals surface area (Å²) in [6.07, 6.45) is 1.96. The summed E-state index contributed by atoms with van der Waals surface area (Å²) >= 11 is 1.54. The molecule has 0 spiro atoms. The standard InChI is InChI=1S/C31H28N4O4S/c1-19-7-5-6-10-23(19)35-31-28(29(33-35)20-8-3-2-4-9-20)30(21-11-14-24-25(15-21)39-18-38-24)40-17-27(37)34(31)16-26(36)32-22-12-13-22/h2-11,14-15,22,30H,12-13,16-18H2,1H3,(H,32,36). The van der Waals surface area contributed by atoms with Crippen LogP contribution in [0.1, 0.15) is 34.8 Å². The molecule has 1 aliphatic carbocycles. The van der Waals surface area contributed by atoms with Gasteiger partial charge in [0, 0.05) is 17.2 Å². The molecule has 7 rings (SSSR count). The lowest BCUT2D eigenvalue weighted by atomic mass is 9.99. The van der Waals surface area contributed by atoms with Gasteiger partial charge in [-0.1, -0.05) is 54.6 Å². The van der Waals surface area contributed by atoms with Gasteiger partial charge in [-0.15, -0.1) is 11.8 Å². The van der Waals surface area contributed by atoms with Crippen molar-refractivity contribution in [3.8, 4) is 28.4 Å². The van der Waals surface area contributed by atoms with Crippen LogP contribution in [-0.4, -0.2) is 46.7 Å². The van der Waals surface area contributed by atoms with Gasteiger partial charge in [0.25, 0.3) is 0 Å². The molecule has 9 heteroatoms. The highest BCUT2D eigenvalue weighted by Gasteiger charge is 2.38. The van der Waals surface area contributed by atoms with Gasteiger partial charge in [-0.05, 0) is 49.1 Å². The Hall–Kier alpha value is -4.24. The molecule has 202 valence electrons. The number of rotatable bonds is 6. The molecule has 3 heterocycles. The van der Waals surface area contributed by atoms with Gasteiger partial charge < -0.3 is 14.8 Å². The first-order valence-electron chi connectivity index (χ1n) is 13.4. The lowest BCUT2D eigenvalue weighted by Crippen LogP contribution is -2.43. The number of carbonyl (C=O) groups is 2. The van der Waals surface area contributed by atoms with E-state index in [1.54, 1.807) is 4.90 Å². The number of aromatic nitrogens is 2. The van der Waals surface area contributed by atoms with Gasteiger partial charge in [0.1, 0.15) is 12.4 Å². The van der Waals surface area contributed by atoms with Crippen molar-refractivity contribution in [1.29, 1.82) is 0 Å². The van der Waals surface area contributed by atoms with Crippen molar-refractivity contribution >= 4 is 29.4 Å². The Morgan fingerprint density at radius 1 is 1.02 bits per heavy atom. The first-order valence-corrected chi connectivity index (χ1v) is 14.5. The molecule has 2 amide bonds. The van der Waals surface area contributed by atoms with E-state index in [4.69, 9.17) is 14.6 Å². The maximum atomic E-state index is 13.8. The van der Waals surface area contributed by atoms with E-state index in [-0.39, 0.29) is 42.2 Å². The molecule has 1 N–H and O–H groups in total. The highest BCUT2D eigenvalue weighted by Crippen LogP contribution is 2.50. The number of hydrogen-bond donors (Lipinski definition) is 1. The zero-order valence-electron chi connectivity index (χ0n) is 22.0. The number of aryl methyl sites for hydroxylation is 1. The Morgan fingerprint density at radius 2 is 1.80 bits per heavy atom. The van der Waals surface area contributed by atoms with Crippen LogP contribution in [0.25, 0.3) is 16.9 Å². The quantitative estimate of drug-likeness (QED) is 0.361. The van der Waals surface area contributed by atoms with Gasteiger partial charge in [0.05, 0.1) is 22.4 Å². The Balaban J connectivity index is 1.47. The fourth-order valence-electron chi connectivity index (χ4n) is 5.28. The zero-order valence-corrected chi connectivity index (χ0v) is 22.8. The van der Waals surface area contributed by atoms with Crippen LogP contribution in [-0.2, 0) is 9.59 Å². The van der Waals surface area contributed by atoms with Gasteiger partial charge >= 0.3 is 0 Å². The summed E-state index contributed by atoms with van der Waals surface area (Å²) in [4.78, 5) is 28.6. The highest BCUT2D eigenvalue weighted by molar-refractivity contribution is 8.00. The lowest BCUT2D eigenvalue weighted by Gasteiger charge is -2.23. The molecule has 1 aromatic heterocycles. The van der Waals surface area contributed by atoms with E-state index in [1.165, 1.54) is 11.8 Å². The lowest BCUT2D eigenvalue weighted by molar-refractivity contribution is -0.123. The number of nitrogens with one attached hydrogen (secondary N) is 1. The van der Waals surface area contributed by atoms with Crippen molar-refractivity contribution in [2.24, 2.45) is 0 Å². The number of fused-ring (bicyclic) bond motifs is 2. The average Bonchev–Trinajstić information content (AvgIpc) is 3.55. The van der Waals surface area contributed by atoms with Crippen molar-refractivity contribution in [2.75, 3.05) is 24.0 Å². The van der Waals surface area contributed by atoms with Gasteiger partial charge in [-0.2, -0.15) is 5.10 Å². The van der Waals surface area contributed by atoms with Gasteiger partial charge in [0.15, 0.2) is 11.5 Å². The van der Waals surface area contributed by atoms with Crippen molar-refractivity contribution in [3.63, 3.8) is 0 Å². The molecule has 0 saturated heterocycles. The third kappa shape index (κ3) is 4.50. The molecule has 1 fully saturated rings. The number of ether oxygens (including phenoxy) is 2. The molecule has 3 aromatic carbocycles. The van der Waals surface area contributed by atoms with E-state index in [0.717, 1.165) is 46.5 Å². The number of nitrogens with zero attached hydrogens (tertiary/aromatic N) is 3. The maximum absolute atomic E-state index is 13.8. The highest BCUT2D eigenvalue weighted by atomic mass is 32.2. The summed E-state index contributed by atoms with van der Waals surface area (Å²) in [5.41, 5.74) is 5.46. The summed E-state index contributed by atoms with van der Waals surface area (Å²) < 4.78 is 13.1. The molecular weight excluding hydrogens is 524 g/mol. The van der Waals surface area contributed by atoms with Crippen LogP contribution >= 0.6 is 11.8 Å². The number of amides is 2. The second kappa shape index (κ2) is 10.1. The normalized spacial score (nSPS) is 17.9. The summed E-state index contributed by atoms with van der Waals surface area (Å²) in [6.45, 7) is 2.14. The Kier molecular flexibility index (Phi) is 6.23. The van der Waals surface area contributed by atoms with Crippen LogP contribution in [0.5, 0.6) is 11.5 Å². The van der Waals surface area contributed by atoms with E-state index >= 15 is 0 Å². The van der Waals surface area contributed by atoms with Crippen molar-refractivity contribution < 1.29 is 19.1 Å². The van der Waals surface area contributed by atoms with Crippen molar-refractivity contribution in [3.05, 3.63) is 89.5 Å². The molecule has 4 aromatic rings. The summed E-state index contributed by atoms with van der Waals surface area (Å²) in [6, 6.07) is 24.1. The SMILES string of the molecule is Cc1ccccc1-n1nc(-c2ccccc2)c2c1N(CC(=O)NC1CC1)C(=O)CSC2c1ccc2c(c1)OCO2. The van der Waals surface area contributed by atoms with Crippen LogP contribution in [0.15, 0.2) is 72.8 Å². The molecule has 0 bridgehead atoms. The minimum absolute atomic E-state index is 0.0669. The molecular formula is C31H28N4O4S. The summed E-state index contributed by atoms with van der Waals surface area (Å²) in [5.74, 6) is 1.94. The summed E-state index contributed by atoms with van der Waals surface area (Å²) in [5, 5.41) is 7.99. The van der Waals surface area contributed by atoms with Gasteiger partial charge in [0.2, 0.25) is 18.6 Å². The van der Waals surface area contributed by atoms with E-state index in [9.17, 15) is 9.59 Å². The number of carbonyl (C=O) groups excluding carboxylic acids is 2. The zero-order chi connectivity index (χ0) is 27.2. The molecule has 1 unspecified atom stereocenters. The Labute approximate surface area is 236 Å². The predicted octanol–water partition coefficient (Wildman–Crippen LogP) is 5.02. The predicted molar refractivity (Wildman–Crippen MR) is 154 cm³/mol. The van der Waals surface area contributed by atoms with Crippen LogP contribution in [0.4, 0.5) is 5.82 Å². The molecule has 3 aliphatic rings. The monoisotopic (exact) mass is 552 g/mol. The molecule has 8 nitrogen and oxygen atoms in total. The number of benzene rings is 3. The third-order valence-corrected chi connectivity index (χ3v) is 8.68. The second-order valence-corrected chi connectivity index (χ2v) is 11.4. The topological polar surface area (TPSA) is 85.7 Å². The van der Waals surface area contributed by atoms with Crippen molar-refractivity contribution in [2.45, 2.75) is 31.1 Å². The number of anilines is 1. The van der Waals surface area contributed by atoms with Crippen LogP contribution in [0.2, 0.25) is 0 Å². The molecule has 1 atom stereocenters. The minimum atomic E-state index is -0.238. The minimum Gasteiger partial charge on any atom is -0.454 e. The average molecular weight is 553 g/mol. The van der Waals surface area contributed by atoms with E-state index in [0.29, 0.717) is 17.3 Å². The fraction of sp³-hybridized carbons (Fsp3) is 0.258. The van der Waals surface area contributed by atoms with Crippen molar-refractivity contribution in [1.82, 2.24) is 15.1 Å². The van der Waals surface area contributed by atoms with Crippen LogP contribution in [0.3, 0.4) is 0 Å². The second-order valence-electron chi connectivity index (χ2n) is 10.3. The third-order valence-electron chi connectivity index (χ3n) is 7.42. The fourth-order valence-corrected chi connectivity index (χ4v) is 6.47.